The van der Waals surface area contributed by atoms with Crippen molar-refractivity contribution in [3.8, 4) is 0 Å². The van der Waals surface area contributed by atoms with Crippen LogP contribution in [0, 0.1) is 19.8 Å². The largest absolute Gasteiger partial charge is 0.377 e. The Morgan fingerprint density at radius 3 is 2.83 bits per heavy atom. The van der Waals surface area contributed by atoms with Gasteiger partial charge in [-0.2, -0.15) is 5.10 Å². The highest BCUT2D eigenvalue weighted by Crippen LogP contribution is 2.23. The maximum absolute atomic E-state index is 13.4. The summed E-state index contributed by atoms with van der Waals surface area (Å²) < 4.78 is 7.31. The summed E-state index contributed by atoms with van der Waals surface area (Å²) in [4.78, 5) is 29.2. The quantitative estimate of drug-likeness (QED) is 0.390. The average Bonchev–Trinajstić information content (AvgIpc) is 3.42. The molecule has 10 heteroatoms. The summed E-state index contributed by atoms with van der Waals surface area (Å²) >= 11 is 0. The number of amides is 1. The third-order valence-electron chi connectivity index (χ3n) is 6.52. The van der Waals surface area contributed by atoms with E-state index in [1.165, 1.54) is 0 Å². The van der Waals surface area contributed by atoms with Crippen molar-refractivity contribution in [1.82, 2.24) is 34.6 Å². The van der Waals surface area contributed by atoms with E-state index >= 15 is 0 Å². The molecule has 1 aliphatic rings. The predicted molar refractivity (Wildman–Crippen MR) is 137 cm³/mol. The molecule has 10 nitrogen and oxygen atoms in total. The molecule has 3 aromatic heterocycles. The normalized spacial score (nSPS) is 16.0. The summed E-state index contributed by atoms with van der Waals surface area (Å²) in [7, 11) is 1.65. The molecule has 4 aromatic rings. The van der Waals surface area contributed by atoms with Crippen molar-refractivity contribution in [3.05, 3.63) is 59.4 Å². The van der Waals surface area contributed by atoms with Gasteiger partial charge in [-0.1, -0.05) is 12.1 Å². The molecule has 188 valence electrons. The second-order valence-electron chi connectivity index (χ2n) is 9.44. The minimum absolute atomic E-state index is 0.107. The van der Waals surface area contributed by atoms with Crippen LogP contribution in [0.4, 0.5) is 11.6 Å². The first-order valence-corrected chi connectivity index (χ1v) is 12.3. The Hall–Kier alpha value is -3.79. The van der Waals surface area contributed by atoms with Crippen molar-refractivity contribution in [1.29, 1.82) is 0 Å². The number of ether oxygens (including phenoxy) is 1. The van der Waals surface area contributed by atoms with Gasteiger partial charge in [-0.15, -0.1) is 0 Å². The zero-order valence-electron chi connectivity index (χ0n) is 21.0. The first kappa shape index (κ1) is 23.9. The fraction of sp³-hybridized carbons (Fsp3) is 0.423. The van der Waals surface area contributed by atoms with Gasteiger partial charge in [0.2, 0.25) is 5.91 Å². The van der Waals surface area contributed by atoms with Gasteiger partial charge >= 0.3 is 0 Å². The Kier molecular flexibility index (Phi) is 6.95. The van der Waals surface area contributed by atoms with Crippen LogP contribution in [-0.4, -0.2) is 60.7 Å². The smallest absolute Gasteiger partial charge is 0.242 e. The number of H-pyrrole nitrogens is 1. The maximum atomic E-state index is 13.4. The zero-order valence-corrected chi connectivity index (χ0v) is 21.0. The number of piperidine rings is 1. The van der Waals surface area contributed by atoms with Crippen LogP contribution in [0.2, 0.25) is 0 Å². The number of methoxy groups -OCH3 is 1. The number of hydrogen-bond acceptors (Lipinski definition) is 7. The molecule has 4 heterocycles. The van der Waals surface area contributed by atoms with E-state index in [4.69, 9.17) is 4.74 Å². The Balaban J connectivity index is 1.26. The highest BCUT2D eigenvalue weighted by molar-refractivity contribution is 5.81. The summed E-state index contributed by atoms with van der Waals surface area (Å²) in [6.07, 6.45) is 2.84. The number of benzene rings is 1. The summed E-state index contributed by atoms with van der Waals surface area (Å²) in [5, 5.41) is 10.4. The van der Waals surface area contributed by atoms with Crippen molar-refractivity contribution >= 4 is 28.6 Å². The number of imidazole rings is 1. The minimum Gasteiger partial charge on any atom is -0.377 e. The number of carbonyl (C=O) groups excluding carboxylic acids is 1. The van der Waals surface area contributed by atoms with Crippen molar-refractivity contribution in [2.45, 2.75) is 46.3 Å². The molecule has 1 aliphatic heterocycles. The number of aryl methyl sites for hydroxylation is 2. The Morgan fingerprint density at radius 1 is 1.17 bits per heavy atom. The van der Waals surface area contributed by atoms with E-state index in [1.54, 1.807) is 7.11 Å². The van der Waals surface area contributed by atoms with Crippen LogP contribution in [0.1, 0.15) is 35.9 Å². The first-order valence-electron chi connectivity index (χ1n) is 12.3. The second-order valence-corrected chi connectivity index (χ2v) is 9.44. The SMILES string of the molecule is COCc1nc2ccccc2n1CC(=O)N1CCC[C@H](Cc2cc(Nc3cc(C)[nH]n3)nc(C)n2)C1. The number of nitrogens with one attached hydrogen (secondary N) is 2. The minimum atomic E-state index is 0.107. The molecule has 0 spiro atoms. The number of fused-ring (bicyclic) bond motifs is 1. The van der Waals surface area contributed by atoms with E-state index in [0.717, 1.165) is 72.2 Å². The van der Waals surface area contributed by atoms with E-state index in [-0.39, 0.29) is 12.5 Å². The highest BCUT2D eigenvalue weighted by atomic mass is 16.5. The van der Waals surface area contributed by atoms with Gasteiger partial charge in [-0.05, 0) is 51.2 Å². The second kappa shape index (κ2) is 10.4. The molecule has 1 atom stereocenters. The number of aromatic nitrogens is 6. The number of para-hydroxylation sites is 2. The number of rotatable bonds is 8. The van der Waals surface area contributed by atoms with Crippen molar-refractivity contribution in [2.75, 3.05) is 25.5 Å². The fourth-order valence-corrected chi connectivity index (χ4v) is 4.94. The van der Waals surface area contributed by atoms with Crippen LogP contribution in [-0.2, 0) is 29.1 Å². The summed E-state index contributed by atoms with van der Waals surface area (Å²) in [5.41, 5.74) is 3.78. The third kappa shape index (κ3) is 5.38. The lowest BCUT2D eigenvalue weighted by Crippen LogP contribution is -2.42. The molecule has 0 saturated carbocycles. The van der Waals surface area contributed by atoms with E-state index in [1.807, 2.05) is 59.7 Å². The summed E-state index contributed by atoms with van der Waals surface area (Å²) in [6.45, 7) is 5.97. The third-order valence-corrected chi connectivity index (χ3v) is 6.52. The van der Waals surface area contributed by atoms with Crippen molar-refractivity contribution in [3.63, 3.8) is 0 Å². The van der Waals surface area contributed by atoms with Gasteiger partial charge in [0.15, 0.2) is 5.82 Å². The van der Waals surface area contributed by atoms with Gasteiger partial charge in [0.25, 0.3) is 0 Å². The van der Waals surface area contributed by atoms with Gasteiger partial charge in [0.1, 0.15) is 30.6 Å². The molecule has 1 aromatic carbocycles. The molecule has 1 fully saturated rings. The highest BCUT2D eigenvalue weighted by Gasteiger charge is 2.26. The molecule has 0 aliphatic carbocycles. The van der Waals surface area contributed by atoms with Crippen LogP contribution in [0.5, 0.6) is 0 Å². The molecular formula is C26H32N8O2. The van der Waals surface area contributed by atoms with Gasteiger partial charge in [-0.3, -0.25) is 9.89 Å². The lowest BCUT2D eigenvalue weighted by molar-refractivity contribution is -0.133. The van der Waals surface area contributed by atoms with E-state index < -0.39 is 0 Å². The Labute approximate surface area is 210 Å². The molecule has 1 amide bonds. The molecule has 0 bridgehead atoms. The lowest BCUT2D eigenvalue weighted by Gasteiger charge is -2.33. The molecule has 36 heavy (non-hydrogen) atoms. The molecule has 5 rings (SSSR count). The molecule has 1 saturated heterocycles. The topological polar surface area (TPSA) is 114 Å². The molecule has 0 radical (unpaired) electrons. The molecule has 2 N–H and O–H groups in total. The van der Waals surface area contributed by atoms with Gasteiger partial charge in [0, 0.05) is 43.7 Å². The zero-order chi connectivity index (χ0) is 25.1. The first-order chi connectivity index (χ1) is 17.5. The van der Waals surface area contributed by atoms with Crippen LogP contribution in [0.3, 0.4) is 0 Å². The van der Waals surface area contributed by atoms with Gasteiger partial charge in [-0.25, -0.2) is 15.0 Å². The number of carbonyl (C=O) groups is 1. The van der Waals surface area contributed by atoms with Crippen molar-refractivity contribution < 1.29 is 9.53 Å². The molecular weight excluding hydrogens is 456 g/mol. The number of aromatic amines is 1. The Morgan fingerprint density at radius 2 is 2.03 bits per heavy atom. The van der Waals surface area contributed by atoms with Crippen LogP contribution < -0.4 is 5.32 Å². The van der Waals surface area contributed by atoms with E-state index in [9.17, 15) is 4.79 Å². The summed E-state index contributed by atoms with van der Waals surface area (Å²) in [5.74, 6) is 3.38. The number of hydrogen-bond donors (Lipinski definition) is 2. The van der Waals surface area contributed by atoms with E-state index in [2.05, 4.69) is 30.5 Å². The van der Waals surface area contributed by atoms with E-state index in [0.29, 0.717) is 18.3 Å². The fourth-order valence-electron chi connectivity index (χ4n) is 4.94. The van der Waals surface area contributed by atoms with Crippen molar-refractivity contribution in [2.24, 2.45) is 5.92 Å². The maximum Gasteiger partial charge on any atom is 0.242 e. The monoisotopic (exact) mass is 488 g/mol. The number of nitrogens with zero attached hydrogens (tertiary/aromatic N) is 6. The predicted octanol–water partition coefficient (Wildman–Crippen LogP) is 3.54. The average molecular weight is 489 g/mol. The number of anilines is 2. The summed E-state index contributed by atoms with van der Waals surface area (Å²) in [6, 6.07) is 11.8. The van der Waals surface area contributed by atoms with Crippen LogP contribution in [0.25, 0.3) is 11.0 Å². The van der Waals surface area contributed by atoms with Crippen LogP contribution in [0.15, 0.2) is 36.4 Å². The van der Waals surface area contributed by atoms with Crippen LogP contribution >= 0.6 is 0 Å². The Bertz CT molecular complexity index is 1360. The standard InChI is InChI=1S/C26H32N8O2/c1-17-11-24(32-31-17)30-23-13-20(27-18(2)28-23)12-19-7-6-10-33(14-19)26(35)15-34-22-9-5-4-8-21(22)29-25(34)16-36-3/h4-5,8-9,11,13,19H,6-7,10,12,14-16H2,1-3H3,(H2,27,28,30,31,32)/t19-/m1/s1. The molecule has 0 unspecified atom stereocenters. The number of likely N-dealkylation sites (tertiary alicyclic amines) is 1. The van der Waals surface area contributed by atoms with Gasteiger partial charge < -0.3 is 19.5 Å². The lowest BCUT2D eigenvalue weighted by atomic mass is 9.93. The van der Waals surface area contributed by atoms with Gasteiger partial charge in [0.05, 0.1) is 11.0 Å².